The topological polar surface area (TPSA) is 90.4 Å². The van der Waals surface area contributed by atoms with Crippen molar-refractivity contribution in [1.82, 2.24) is 4.90 Å². The van der Waals surface area contributed by atoms with Crippen LogP contribution in [0.3, 0.4) is 0 Å². The Bertz CT molecular complexity index is 1640. The molecule has 2 fully saturated rings. The first-order valence-electron chi connectivity index (χ1n) is 15.7. The van der Waals surface area contributed by atoms with Crippen LogP contribution in [0.4, 0.5) is 15.5 Å². The normalized spacial score (nSPS) is 24.0. The van der Waals surface area contributed by atoms with Gasteiger partial charge in [-0.15, -0.1) is 0 Å². The fourth-order valence-corrected chi connectivity index (χ4v) is 10.1. The van der Waals surface area contributed by atoms with Crippen LogP contribution in [0.2, 0.25) is 23.7 Å². The van der Waals surface area contributed by atoms with Gasteiger partial charge in [0.05, 0.1) is 31.4 Å². The van der Waals surface area contributed by atoms with Crippen LogP contribution in [0.25, 0.3) is 0 Å². The molecule has 8 nitrogen and oxygen atoms in total. The summed E-state index contributed by atoms with van der Waals surface area (Å²) < 4.78 is 23.0. The van der Waals surface area contributed by atoms with E-state index < -0.39 is 31.6 Å². The van der Waals surface area contributed by atoms with Crippen molar-refractivity contribution in [2.45, 2.75) is 63.2 Å². The Morgan fingerprint density at radius 2 is 1.80 bits per heavy atom. The Morgan fingerprint density at radius 3 is 2.41 bits per heavy atom. The predicted molar refractivity (Wildman–Crippen MR) is 178 cm³/mol. The molecular formula is C35H39ClFN3O5Si. The van der Waals surface area contributed by atoms with Crippen LogP contribution in [-0.2, 0) is 37.8 Å². The lowest BCUT2D eigenvalue weighted by atomic mass is 9.82. The summed E-state index contributed by atoms with van der Waals surface area (Å²) in [5, 5.41) is 10.2. The Hall–Kier alpha value is -3.57. The highest BCUT2D eigenvalue weighted by molar-refractivity contribution is 6.72. The summed E-state index contributed by atoms with van der Waals surface area (Å²) in [4.78, 5) is 45.3. The number of hydrogen-bond donors (Lipinski definition) is 1. The molecule has 46 heavy (non-hydrogen) atoms. The van der Waals surface area contributed by atoms with Gasteiger partial charge in [-0.2, -0.15) is 0 Å². The van der Waals surface area contributed by atoms with E-state index >= 15 is 4.11 Å². The highest BCUT2D eigenvalue weighted by Crippen LogP contribution is 2.60. The lowest BCUT2D eigenvalue weighted by Crippen LogP contribution is -2.45. The van der Waals surface area contributed by atoms with Gasteiger partial charge in [0.15, 0.2) is 5.60 Å². The maximum atomic E-state index is 16.3. The van der Waals surface area contributed by atoms with Crippen molar-refractivity contribution in [2.75, 3.05) is 29.5 Å². The van der Waals surface area contributed by atoms with Crippen molar-refractivity contribution < 1.29 is 28.3 Å². The Morgan fingerprint density at radius 1 is 1.09 bits per heavy atom. The molecule has 4 atom stereocenters. The largest absolute Gasteiger partial charge is 0.395 e. The van der Waals surface area contributed by atoms with E-state index in [-0.39, 0.29) is 43.8 Å². The minimum Gasteiger partial charge on any atom is -0.395 e. The molecule has 1 N–H and O–H groups in total. The number of aliphatic hydroxyl groups excluding tert-OH is 1. The predicted octanol–water partition coefficient (Wildman–Crippen LogP) is 5.81. The third-order valence-corrected chi connectivity index (χ3v) is 12.4. The molecule has 0 aromatic heterocycles. The number of anilines is 2. The molecule has 3 aliphatic rings. The lowest BCUT2D eigenvalue weighted by molar-refractivity contribution is -0.150. The van der Waals surface area contributed by atoms with E-state index in [9.17, 15) is 19.5 Å². The SMILES string of the molecule is C[C@@H]1[C@@H]([Si](C)(C)F)[C@H](CC(=O)N(CCO)Cc2ccccc2)O[C@@]12C(=O)N(Cc1ccc(N3CCC3=O)cc1)c1ccc(Cl)cc12. The van der Waals surface area contributed by atoms with Gasteiger partial charge < -0.3 is 28.7 Å². The van der Waals surface area contributed by atoms with Gasteiger partial charge in [0.25, 0.3) is 5.91 Å². The van der Waals surface area contributed by atoms with Crippen molar-refractivity contribution in [3.05, 3.63) is 94.5 Å². The zero-order valence-electron chi connectivity index (χ0n) is 26.3. The van der Waals surface area contributed by atoms with E-state index in [4.69, 9.17) is 16.3 Å². The first kappa shape index (κ1) is 32.4. The number of fused-ring (bicyclic) bond motifs is 2. The number of β-lactam (4-membered cyclic amide) rings is 1. The average Bonchev–Trinajstić information content (AvgIpc) is 3.43. The van der Waals surface area contributed by atoms with Gasteiger partial charge in [0.2, 0.25) is 20.2 Å². The van der Waals surface area contributed by atoms with Crippen molar-refractivity contribution in [3.8, 4) is 0 Å². The summed E-state index contributed by atoms with van der Waals surface area (Å²) >= 11 is 6.50. The van der Waals surface area contributed by atoms with Gasteiger partial charge >= 0.3 is 0 Å². The van der Waals surface area contributed by atoms with E-state index in [1.807, 2.05) is 61.5 Å². The monoisotopic (exact) mass is 663 g/mol. The van der Waals surface area contributed by atoms with Crippen molar-refractivity contribution in [2.24, 2.45) is 5.92 Å². The number of carbonyl (C=O) groups is 3. The molecule has 3 amide bonds. The number of benzene rings is 3. The first-order chi connectivity index (χ1) is 21.9. The van der Waals surface area contributed by atoms with Gasteiger partial charge in [-0.25, -0.2) is 0 Å². The molecule has 0 aliphatic carbocycles. The Balaban J connectivity index is 1.31. The number of carbonyl (C=O) groups excluding carboxylic acids is 3. The van der Waals surface area contributed by atoms with Gasteiger partial charge in [0, 0.05) is 53.8 Å². The second-order valence-electron chi connectivity index (χ2n) is 13.0. The van der Waals surface area contributed by atoms with E-state index in [0.29, 0.717) is 35.8 Å². The molecule has 0 bridgehead atoms. The van der Waals surface area contributed by atoms with E-state index in [2.05, 4.69) is 0 Å². The summed E-state index contributed by atoms with van der Waals surface area (Å²) in [6.45, 7) is 6.19. The number of halogens is 2. The highest BCUT2D eigenvalue weighted by atomic mass is 35.5. The summed E-state index contributed by atoms with van der Waals surface area (Å²) in [5.41, 5.74) is 1.63. The highest BCUT2D eigenvalue weighted by Gasteiger charge is 2.67. The quantitative estimate of drug-likeness (QED) is 0.168. The summed E-state index contributed by atoms with van der Waals surface area (Å²) in [5.74, 6) is -1.07. The average molecular weight is 664 g/mol. The molecule has 11 heteroatoms. The van der Waals surface area contributed by atoms with Crippen LogP contribution in [-0.4, -0.2) is 61.9 Å². The molecule has 3 aromatic carbocycles. The van der Waals surface area contributed by atoms with E-state index in [0.717, 1.165) is 16.8 Å². The molecular weight excluding hydrogens is 625 g/mol. The van der Waals surface area contributed by atoms with Gasteiger partial charge in [-0.05, 0) is 54.6 Å². The molecule has 6 rings (SSSR count). The number of aliphatic hydroxyl groups is 1. The van der Waals surface area contributed by atoms with Crippen LogP contribution in [0.5, 0.6) is 0 Å². The number of nitrogens with zero attached hydrogens (tertiary/aromatic N) is 3. The molecule has 3 aromatic rings. The summed E-state index contributed by atoms with van der Waals surface area (Å²) in [6, 6.07) is 22.3. The minimum atomic E-state index is -3.50. The molecule has 0 radical (unpaired) electrons. The first-order valence-corrected chi connectivity index (χ1v) is 19.1. The maximum absolute atomic E-state index is 16.3. The van der Waals surface area contributed by atoms with Gasteiger partial charge in [-0.1, -0.05) is 61.0 Å². The number of amides is 3. The van der Waals surface area contributed by atoms with Crippen LogP contribution in [0, 0.1) is 5.92 Å². The van der Waals surface area contributed by atoms with Crippen molar-refractivity contribution in [1.29, 1.82) is 0 Å². The zero-order chi connectivity index (χ0) is 32.8. The zero-order valence-corrected chi connectivity index (χ0v) is 28.0. The fraction of sp³-hybridized carbons (Fsp3) is 0.400. The maximum Gasteiger partial charge on any atom is 0.264 e. The Labute approximate surface area is 274 Å². The molecule has 3 heterocycles. The van der Waals surface area contributed by atoms with Gasteiger partial charge in [0.1, 0.15) is 0 Å². The van der Waals surface area contributed by atoms with E-state index in [1.54, 1.807) is 46.0 Å². The van der Waals surface area contributed by atoms with Crippen LogP contribution < -0.4 is 9.80 Å². The second kappa shape index (κ2) is 12.6. The molecule has 242 valence electrons. The summed E-state index contributed by atoms with van der Waals surface area (Å²) in [7, 11) is -3.50. The molecule has 3 aliphatic heterocycles. The molecule has 1 spiro atoms. The fourth-order valence-electron chi connectivity index (χ4n) is 7.45. The second-order valence-corrected chi connectivity index (χ2v) is 17.2. The van der Waals surface area contributed by atoms with Crippen LogP contribution in [0.1, 0.15) is 36.5 Å². The lowest BCUT2D eigenvalue weighted by Gasteiger charge is -2.31. The van der Waals surface area contributed by atoms with Crippen LogP contribution in [0.15, 0.2) is 72.8 Å². The van der Waals surface area contributed by atoms with Crippen LogP contribution >= 0.6 is 11.6 Å². The van der Waals surface area contributed by atoms with Crippen molar-refractivity contribution >= 4 is 49.1 Å². The number of ether oxygens (including phenoxy) is 1. The molecule has 0 unspecified atom stereocenters. The third-order valence-electron chi connectivity index (χ3n) is 9.68. The number of hydrogen-bond acceptors (Lipinski definition) is 5. The van der Waals surface area contributed by atoms with Gasteiger partial charge in [-0.3, -0.25) is 14.4 Å². The third kappa shape index (κ3) is 5.76. The Kier molecular flexibility index (Phi) is 8.84. The molecule has 0 saturated carbocycles. The number of rotatable bonds is 10. The van der Waals surface area contributed by atoms with Crippen molar-refractivity contribution in [3.63, 3.8) is 0 Å². The standard InChI is InChI=1S/C35H39ClFN3O5Si/c1-23-33(46(2,3)37)30(20-32(43)38(17-18-41)21-24-7-5-4-6-8-24)45-35(23)28-19-26(36)11-14-29(28)40(34(35)44)22-25-9-12-27(13-10-25)39-16-15-31(39)42/h4-14,19,23,30,33,41H,15-18,20-22H2,1-3H3/t23-,30+,33-,35+/m1/s1. The smallest absolute Gasteiger partial charge is 0.264 e. The van der Waals surface area contributed by atoms with E-state index in [1.165, 1.54) is 0 Å². The summed E-state index contributed by atoms with van der Waals surface area (Å²) in [6.07, 6.45) is -0.429. The minimum absolute atomic E-state index is 0.0871. The molecule has 2 saturated heterocycles.